The van der Waals surface area contributed by atoms with E-state index in [2.05, 4.69) is 65.8 Å². The van der Waals surface area contributed by atoms with E-state index in [9.17, 15) is 0 Å². The second-order valence-electron chi connectivity index (χ2n) is 6.00. The minimum absolute atomic E-state index is 0.988. The van der Waals surface area contributed by atoms with E-state index in [0.717, 1.165) is 17.9 Å². The van der Waals surface area contributed by atoms with Crippen LogP contribution in [0.3, 0.4) is 0 Å². The van der Waals surface area contributed by atoms with Crippen LogP contribution in [0.15, 0.2) is 24.3 Å². The van der Waals surface area contributed by atoms with E-state index < -0.39 is 0 Å². The van der Waals surface area contributed by atoms with Crippen molar-refractivity contribution in [1.29, 1.82) is 0 Å². The summed E-state index contributed by atoms with van der Waals surface area (Å²) in [6, 6.07) is 8.56. The van der Waals surface area contributed by atoms with Crippen LogP contribution in [0.25, 0.3) is 0 Å². The van der Waals surface area contributed by atoms with Gasteiger partial charge in [-0.05, 0) is 86.6 Å². The highest BCUT2D eigenvalue weighted by Crippen LogP contribution is 2.23. The zero-order valence-corrected chi connectivity index (χ0v) is 15.8. The van der Waals surface area contributed by atoms with Gasteiger partial charge in [-0.3, -0.25) is 0 Å². The first-order valence-corrected chi connectivity index (χ1v) is 8.09. The van der Waals surface area contributed by atoms with E-state index in [1.807, 2.05) is 0 Å². The maximum Gasteiger partial charge on any atom is 0.122 e. The van der Waals surface area contributed by atoms with Crippen molar-refractivity contribution < 1.29 is 9.47 Å². The summed E-state index contributed by atoms with van der Waals surface area (Å²) in [5, 5.41) is 0. The molecule has 0 amide bonds. The quantitative estimate of drug-likeness (QED) is 0.745. The molecule has 0 N–H and O–H groups in total. The average molecular weight is 314 g/mol. The van der Waals surface area contributed by atoms with Crippen molar-refractivity contribution in [2.75, 3.05) is 14.2 Å². The van der Waals surface area contributed by atoms with Gasteiger partial charge in [-0.25, -0.2) is 0 Å². The Morgan fingerprint density at radius 2 is 1.17 bits per heavy atom. The standard InChI is InChI=1S/C11H16O.C10H14O/c1-5-10-6-8(2)9(3)11(7-10)12-4;1-7-5-8(2)9(3)10(6-7)11-4/h6-7H,5H2,1-4H3;5-6H,1-4H3. The zero-order chi connectivity index (χ0) is 17.6. The molecule has 0 aromatic heterocycles. The Morgan fingerprint density at radius 1 is 0.696 bits per heavy atom. The maximum absolute atomic E-state index is 5.27. The minimum Gasteiger partial charge on any atom is -0.496 e. The first-order chi connectivity index (χ1) is 10.8. The maximum atomic E-state index is 5.27. The SMILES string of the molecule is CCc1cc(C)c(C)c(OC)c1.COc1cc(C)cc(C)c1C. The van der Waals surface area contributed by atoms with E-state index in [1.54, 1.807) is 14.2 Å². The summed E-state index contributed by atoms with van der Waals surface area (Å²) in [6.07, 6.45) is 1.07. The Labute approximate surface area is 141 Å². The molecule has 0 spiro atoms. The van der Waals surface area contributed by atoms with Crippen LogP contribution < -0.4 is 9.47 Å². The molecule has 0 bridgehead atoms. The summed E-state index contributed by atoms with van der Waals surface area (Å²) in [6.45, 7) is 12.6. The summed E-state index contributed by atoms with van der Waals surface area (Å²) in [7, 11) is 3.43. The number of hydrogen-bond acceptors (Lipinski definition) is 2. The van der Waals surface area contributed by atoms with Gasteiger partial charge in [0.25, 0.3) is 0 Å². The van der Waals surface area contributed by atoms with E-state index in [0.29, 0.717) is 0 Å². The second kappa shape index (κ2) is 8.61. The molecule has 0 radical (unpaired) electrons. The van der Waals surface area contributed by atoms with E-state index in [4.69, 9.17) is 9.47 Å². The van der Waals surface area contributed by atoms with Gasteiger partial charge in [0.15, 0.2) is 0 Å². The first-order valence-electron chi connectivity index (χ1n) is 8.09. The molecule has 2 aromatic rings. The Balaban J connectivity index is 0.000000231. The third-order valence-corrected chi connectivity index (χ3v) is 4.29. The van der Waals surface area contributed by atoms with E-state index >= 15 is 0 Å². The van der Waals surface area contributed by atoms with Crippen LogP contribution in [-0.4, -0.2) is 14.2 Å². The molecule has 23 heavy (non-hydrogen) atoms. The Hall–Kier alpha value is -1.96. The molecule has 0 saturated carbocycles. The molecule has 0 aliphatic rings. The number of rotatable bonds is 3. The van der Waals surface area contributed by atoms with Crippen molar-refractivity contribution in [3.8, 4) is 11.5 Å². The predicted octanol–water partition coefficient (Wildman–Crippen LogP) is 5.49. The van der Waals surface area contributed by atoms with Crippen molar-refractivity contribution in [3.63, 3.8) is 0 Å². The van der Waals surface area contributed by atoms with Crippen LogP contribution in [0.1, 0.15) is 40.3 Å². The van der Waals surface area contributed by atoms with Gasteiger partial charge in [-0.1, -0.05) is 19.1 Å². The Morgan fingerprint density at radius 3 is 1.65 bits per heavy atom. The number of ether oxygens (including phenoxy) is 2. The predicted molar refractivity (Wildman–Crippen MR) is 99.1 cm³/mol. The lowest BCUT2D eigenvalue weighted by Crippen LogP contribution is -1.92. The molecule has 0 saturated heterocycles. The van der Waals surface area contributed by atoms with Crippen molar-refractivity contribution in [1.82, 2.24) is 0 Å². The van der Waals surface area contributed by atoms with Gasteiger partial charge < -0.3 is 9.47 Å². The molecule has 0 aliphatic carbocycles. The van der Waals surface area contributed by atoms with Gasteiger partial charge in [0.1, 0.15) is 11.5 Å². The lowest BCUT2D eigenvalue weighted by atomic mass is 10.0. The fourth-order valence-electron chi connectivity index (χ4n) is 2.53. The fourth-order valence-corrected chi connectivity index (χ4v) is 2.53. The Bertz CT molecular complexity index is 657. The van der Waals surface area contributed by atoms with Crippen LogP contribution in [0.5, 0.6) is 11.5 Å². The van der Waals surface area contributed by atoms with Crippen LogP contribution in [-0.2, 0) is 6.42 Å². The number of hydrogen-bond donors (Lipinski definition) is 0. The van der Waals surface area contributed by atoms with Crippen molar-refractivity contribution in [2.45, 2.75) is 48.0 Å². The Kier molecular flexibility index (Phi) is 7.15. The monoisotopic (exact) mass is 314 g/mol. The molecule has 0 atom stereocenters. The van der Waals surface area contributed by atoms with Crippen LogP contribution in [0.4, 0.5) is 0 Å². The molecule has 0 fully saturated rings. The summed E-state index contributed by atoms with van der Waals surface area (Å²) in [5.74, 6) is 1.99. The number of benzene rings is 2. The van der Waals surface area contributed by atoms with Gasteiger partial charge in [-0.2, -0.15) is 0 Å². The molecule has 126 valence electrons. The summed E-state index contributed by atoms with van der Waals surface area (Å²) in [4.78, 5) is 0. The fraction of sp³-hybridized carbons (Fsp3) is 0.429. The van der Waals surface area contributed by atoms with Gasteiger partial charge in [0.05, 0.1) is 14.2 Å². The van der Waals surface area contributed by atoms with Crippen LogP contribution in [0, 0.1) is 34.6 Å². The zero-order valence-electron chi connectivity index (χ0n) is 15.8. The average Bonchev–Trinajstić information content (AvgIpc) is 2.53. The number of aryl methyl sites for hydroxylation is 4. The highest BCUT2D eigenvalue weighted by atomic mass is 16.5. The van der Waals surface area contributed by atoms with Gasteiger partial charge in [0.2, 0.25) is 0 Å². The third kappa shape index (κ3) is 5.02. The lowest BCUT2D eigenvalue weighted by molar-refractivity contribution is 0.410. The van der Waals surface area contributed by atoms with Crippen molar-refractivity contribution >= 4 is 0 Å². The van der Waals surface area contributed by atoms with Gasteiger partial charge in [0, 0.05) is 0 Å². The van der Waals surface area contributed by atoms with E-state index in [1.165, 1.54) is 33.4 Å². The van der Waals surface area contributed by atoms with Crippen LogP contribution >= 0.6 is 0 Å². The normalized spacial score (nSPS) is 9.91. The highest BCUT2D eigenvalue weighted by molar-refractivity contribution is 5.42. The minimum atomic E-state index is 0.988. The summed E-state index contributed by atoms with van der Waals surface area (Å²) < 4.78 is 10.5. The topological polar surface area (TPSA) is 18.5 Å². The molecular weight excluding hydrogens is 284 g/mol. The molecule has 0 heterocycles. The smallest absolute Gasteiger partial charge is 0.122 e. The molecule has 0 unspecified atom stereocenters. The molecule has 2 rings (SSSR count). The van der Waals surface area contributed by atoms with Crippen molar-refractivity contribution in [3.05, 3.63) is 57.6 Å². The molecule has 0 aliphatic heterocycles. The third-order valence-electron chi connectivity index (χ3n) is 4.29. The molecule has 2 heteroatoms. The van der Waals surface area contributed by atoms with E-state index in [-0.39, 0.29) is 0 Å². The second-order valence-corrected chi connectivity index (χ2v) is 6.00. The molecular formula is C21H30O2. The summed E-state index contributed by atoms with van der Waals surface area (Å²) >= 11 is 0. The van der Waals surface area contributed by atoms with Crippen LogP contribution in [0.2, 0.25) is 0 Å². The first kappa shape index (κ1) is 19.1. The largest absolute Gasteiger partial charge is 0.496 e. The molecule has 2 aromatic carbocycles. The molecule has 2 nitrogen and oxygen atoms in total. The van der Waals surface area contributed by atoms with Gasteiger partial charge >= 0.3 is 0 Å². The lowest BCUT2D eigenvalue weighted by Gasteiger charge is -2.09. The summed E-state index contributed by atoms with van der Waals surface area (Å²) in [5.41, 5.74) is 7.68. The van der Waals surface area contributed by atoms with Crippen molar-refractivity contribution in [2.24, 2.45) is 0 Å². The van der Waals surface area contributed by atoms with Gasteiger partial charge in [-0.15, -0.1) is 0 Å². The number of methoxy groups -OCH3 is 2. The highest BCUT2D eigenvalue weighted by Gasteiger charge is 2.02.